The van der Waals surface area contributed by atoms with Gasteiger partial charge in [0.15, 0.2) is 0 Å². The van der Waals surface area contributed by atoms with E-state index in [0.717, 1.165) is 17.8 Å². The van der Waals surface area contributed by atoms with E-state index in [4.69, 9.17) is 0 Å². The fourth-order valence-electron chi connectivity index (χ4n) is 2.88. The number of hydrogen-bond donors (Lipinski definition) is 1. The van der Waals surface area contributed by atoms with Gasteiger partial charge in [0, 0.05) is 19.2 Å². The lowest BCUT2D eigenvalue weighted by atomic mass is 10.0. The van der Waals surface area contributed by atoms with Crippen LogP contribution >= 0.6 is 0 Å². The van der Waals surface area contributed by atoms with Crippen LogP contribution < -0.4 is 5.32 Å². The Labute approximate surface area is 132 Å². The molecule has 0 spiro atoms. The minimum absolute atomic E-state index is 0.0322. The molecule has 0 aliphatic heterocycles. The first-order valence-corrected chi connectivity index (χ1v) is 7.74. The van der Waals surface area contributed by atoms with Crippen LogP contribution in [-0.2, 0) is 18.3 Å². The molecule has 0 radical (unpaired) electrons. The highest BCUT2D eigenvalue weighted by atomic mass is 16.1. The van der Waals surface area contributed by atoms with Crippen molar-refractivity contribution in [2.24, 2.45) is 7.05 Å². The van der Waals surface area contributed by atoms with Gasteiger partial charge in [0.2, 0.25) is 5.91 Å². The molecular weight excluding hydrogens is 274 g/mol. The molecule has 1 atom stereocenters. The maximum atomic E-state index is 12.2. The van der Waals surface area contributed by atoms with Crippen LogP contribution in [0.2, 0.25) is 0 Å². The average Bonchev–Trinajstić information content (AvgIpc) is 2.70. The molecule has 0 fully saturated rings. The van der Waals surface area contributed by atoms with Gasteiger partial charge >= 0.3 is 0 Å². The molecule has 2 rings (SSSR count). The number of amides is 1. The summed E-state index contributed by atoms with van der Waals surface area (Å²) in [6, 6.07) is 8.19. The Hall–Kier alpha value is -2.10. The summed E-state index contributed by atoms with van der Waals surface area (Å²) in [6.45, 7) is 8.14. The Morgan fingerprint density at radius 3 is 2.55 bits per heavy atom. The summed E-state index contributed by atoms with van der Waals surface area (Å²) in [5.74, 6) is 0.0819. The van der Waals surface area contributed by atoms with E-state index in [1.54, 1.807) is 0 Å². The van der Waals surface area contributed by atoms with Gasteiger partial charge in [-0.2, -0.15) is 5.10 Å². The number of aryl methyl sites for hydroxylation is 3. The fourth-order valence-corrected chi connectivity index (χ4v) is 2.88. The standard InChI is InChI=1S/C18H25N3O/c1-12-8-6-7-9-16(12)13(2)19-18(22)11-10-17-14(3)20-21(5)15(17)4/h6-9,13H,10-11H2,1-5H3,(H,19,22). The fraction of sp³-hybridized carbons (Fsp3) is 0.444. The van der Waals surface area contributed by atoms with E-state index in [2.05, 4.69) is 29.5 Å². The SMILES string of the molecule is Cc1ccccc1C(C)NC(=O)CCc1c(C)nn(C)c1C. The Morgan fingerprint density at radius 1 is 1.27 bits per heavy atom. The number of nitrogens with one attached hydrogen (secondary N) is 1. The van der Waals surface area contributed by atoms with Crippen molar-refractivity contribution >= 4 is 5.91 Å². The predicted molar refractivity (Wildman–Crippen MR) is 88.7 cm³/mol. The van der Waals surface area contributed by atoms with Gasteiger partial charge in [-0.25, -0.2) is 0 Å². The summed E-state index contributed by atoms with van der Waals surface area (Å²) < 4.78 is 1.87. The highest BCUT2D eigenvalue weighted by Crippen LogP contribution is 2.18. The molecule has 0 saturated carbocycles. The molecule has 1 aromatic carbocycles. The van der Waals surface area contributed by atoms with E-state index in [0.29, 0.717) is 6.42 Å². The summed E-state index contributed by atoms with van der Waals surface area (Å²) in [5, 5.41) is 7.48. The van der Waals surface area contributed by atoms with E-state index in [1.165, 1.54) is 16.7 Å². The number of carbonyl (C=O) groups is 1. The molecule has 1 heterocycles. The molecule has 1 unspecified atom stereocenters. The lowest BCUT2D eigenvalue weighted by molar-refractivity contribution is -0.121. The summed E-state index contributed by atoms with van der Waals surface area (Å²) in [5.41, 5.74) is 5.71. The molecule has 0 bridgehead atoms. The zero-order valence-electron chi connectivity index (χ0n) is 14.1. The van der Waals surface area contributed by atoms with Crippen molar-refractivity contribution < 1.29 is 4.79 Å². The maximum Gasteiger partial charge on any atom is 0.220 e. The van der Waals surface area contributed by atoms with Crippen molar-refractivity contribution in [3.8, 4) is 0 Å². The van der Waals surface area contributed by atoms with Gasteiger partial charge in [-0.1, -0.05) is 24.3 Å². The Morgan fingerprint density at radius 2 is 1.95 bits per heavy atom. The van der Waals surface area contributed by atoms with Crippen LogP contribution in [0.3, 0.4) is 0 Å². The molecule has 0 aliphatic rings. The van der Waals surface area contributed by atoms with Gasteiger partial charge in [0.05, 0.1) is 11.7 Å². The van der Waals surface area contributed by atoms with Gasteiger partial charge in [-0.05, 0) is 50.8 Å². The van der Waals surface area contributed by atoms with Crippen LogP contribution in [0.1, 0.15) is 47.5 Å². The summed E-state index contributed by atoms with van der Waals surface area (Å²) in [6.07, 6.45) is 1.22. The van der Waals surface area contributed by atoms with Crippen LogP contribution in [0.25, 0.3) is 0 Å². The Bertz CT molecular complexity index is 673. The van der Waals surface area contributed by atoms with Crippen LogP contribution in [0.4, 0.5) is 0 Å². The van der Waals surface area contributed by atoms with Gasteiger partial charge in [0.1, 0.15) is 0 Å². The summed E-state index contributed by atoms with van der Waals surface area (Å²) >= 11 is 0. The first kappa shape index (κ1) is 16.3. The molecule has 118 valence electrons. The molecule has 4 nitrogen and oxygen atoms in total. The van der Waals surface area contributed by atoms with Crippen LogP contribution in [-0.4, -0.2) is 15.7 Å². The maximum absolute atomic E-state index is 12.2. The molecule has 2 aromatic rings. The highest BCUT2D eigenvalue weighted by molar-refractivity contribution is 5.76. The van der Waals surface area contributed by atoms with E-state index in [-0.39, 0.29) is 11.9 Å². The number of benzene rings is 1. The monoisotopic (exact) mass is 299 g/mol. The molecule has 1 aromatic heterocycles. The minimum atomic E-state index is 0.0322. The van der Waals surface area contributed by atoms with Gasteiger partial charge in [-0.15, -0.1) is 0 Å². The molecule has 22 heavy (non-hydrogen) atoms. The van der Waals surface area contributed by atoms with Crippen LogP contribution in [0.5, 0.6) is 0 Å². The van der Waals surface area contributed by atoms with Crippen molar-refractivity contribution in [1.29, 1.82) is 0 Å². The minimum Gasteiger partial charge on any atom is -0.350 e. The topological polar surface area (TPSA) is 46.9 Å². The second-order valence-electron chi connectivity index (χ2n) is 5.92. The van der Waals surface area contributed by atoms with Crippen molar-refractivity contribution in [1.82, 2.24) is 15.1 Å². The number of aromatic nitrogens is 2. The number of hydrogen-bond acceptors (Lipinski definition) is 2. The van der Waals surface area contributed by atoms with E-state index < -0.39 is 0 Å². The smallest absolute Gasteiger partial charge is 0.220 e. The first-order chi connectivity index (χ1) is 10.4. The normalized spacial score (nSPS) is 12.2. The van der Waals surface area contributed by atoms with Gasteiger partial charge in [0.25, 0.3) is 0 Å². The largest absolute Gasteiger partial charge is 0.350 e. The highest BCUT2D eigenvalue weighted by Gasteiger charge is 2.14. The van der Waals surface area contributed by atoms with Crippen molar-refractivity contribution in [3.05, 3.63) is 52.3 Å². The third kappa shape index (κ3) is 3.56. The zero-order valence-corrected chi connectivity index (χ0v) is 14.1. The molecule has 4 heteroatoms. The molecule has 0 aliphatic carbocycles. The molecule has 1 N–H and O–H groups in total. The second-order valence-corrected chi connectivity index (χ2v) is 5.92. The number of nitrogens with zero attached hydrogens (tertiary/aromatic N) is 2. The zero-order chi connectivity index (χ0) is 16.3. The summed E-state index contributed by atoms with van der Waals surface area (Å²) in [4.78, 5) is 12.2. The third-order valence-electron chi connectivity index (χ3n) is 4.29. The molecular formula is C18H25N3O. The second kappa shape index (κ2) is 6.77. The van der Waals surface area contributed by atoms with Crippen LogP contribution in [0, 0.1) is 20.8 Å². The lowest BCUT2D eigenvalue weighted by Crippen LogP contribution is -2.27. The Kier molecular flexibility index (Phi) is 5.01. The number of carbonyl (C=O) groups excluding carboxylic acids is 1. The third-order valence-corrected chi connectivity index (χ3v) is 4.29. The van der Waals surface area contributed by atoms with E-state index in [1.807, 2.05) is 44.6 Å². The van der Waals surface area contributed by atoms with Crippen molar-refractivity contribution in [2.75, 3.05) is 0 Å². The summed E-state index contributed by atoms with van der Waals surface area (Å²) in [7, 11) is 1.94. The van der Waals surface area contributed by atoms with Crippen LogP contribution in [0.15, 0.2) is 24.3 Å². The van der Waals surface area contributed by atoms with E-state index >= 15 is 0 Å². The lowest BCUT2D eigenvalue weighted by Gasteiger charge is -2.16. The van der Waals surface area contributed by atoms with E-state index in [9.17, 15) is 4.79 Å². The van der Waals surface area contributed by atoms with Crippen molar-refractivity contribution in [3.63, 3.8) is 0 Å². The molecule has 1 amide bonds. The number of rotatable bonds is 5. The Balaban J connectivity index is 1.95. The van der Waals surface area contributed by atoms with Crippen molar-refractivity contribution in [2.45, 2.75) is 46.6 Å². The molecule has 0 saturated heterocycles. The predicted octanol–water partition coefficient (Wildman–Crippen LogP) is 3.16. The quantitative estimate of drug-likeness (QED) is 0.922. The van der Waals surface area contributed by atoms with Gasteiger partial charge in [-0.3, -0.25) is 9.48 Å². The average molecular weight is 299 g/mol. The van der Waals surface area contributed by atoms with Gasteiger partial charge < -0.3 is 5.32 Å². The first-order valence-electron chi connectivity index (χ1n) is 7.74.